The molecule has 4 rings (SSSR count). The number of hydrogen-bond donors (Lipinski definition) is 0. The van der Waals surface area contributed by atoms with Crippen LogP contribution in [0, 0.1) is 5.41 Å². The fourth-order valence-electron chi connectivity index (χ4n) is 2.92. The molecule has 1 aliphatic carbocycles. The van der Waals surface area contributed by atoms with Crippen LogP contribution < -0.4 is 14.9 Å². The molecule has 0 atom stereocenters. The highest BCUT2D eigenvalue weighted by atomic mass is 16.7. The van der Waals surface area contributed by atoms with Crippen LogP contribution in [0.2, 0.25) is 0 Å². The van der Waals surface area contributed by atoms with E-state index in [0.717, 1.165) is 30.2 Å². The van der Waals surface area contributed by atoms with Crippen molar-refractivity contribution in [1.29, 1.82) is 0 Å². The van der Waals surface area contributed by atoms with E-state index in [1.807, 2.05) is 18.2 Å². The van der Waals surface area contributed by atoms with Crippen LogP contribution in [0.15, 0.2) is 18.2 Å². The summed E-state index contributed by atoms with van der Waals surface area (Å²) in [6.45, 7) is 9.70. The van der Waals surface area contributed by atoms with Gasteiger partial charge in [0.15, 0.2) is 11.5 Å². The molecule has 0 amide bonds. The predicted octanol–water partition coefficient (Wildman–Crippen LogP) is 2.54. The molecular formula is C17H23BO4. The smallest absolute Gasteiger partial charge is 0.489 e. The second-order valence-corrected chi connectivity index (χ2v) is 7.84. The highest BCUT2D eigenvalue weighted by Gasteiger charge is 2.53. The fourth-order valence-corrected chi connectivity index (χ4v) is 2.92. The molecule has 118 valence electrons. The lowest BCUT2D eigenvalue weighted by atomic mass is 9.78. The van der Waals surface area contributed by atoms with Crippen LogP contribution in [0.3, 0.4) is 0 Å². The van der Waals surface area contributed by atoms with E-state index in [4.69, 9.17) is 18.8 Å². The lowest BCUT2D eigenvalue weighted by Gasteiger charge is -2.32. The van der Waals surface area contributed by atoms with E-state index >= 15 is 0 Å². The second kappa shape index (κ2) is 4.42. The van der Waals surface area contributed by atoms with Gasteiger partial charge in [-0.2, -0.15) is 0 Å². The van der Waals surface area contributed by atoms with E-state index in [1.54, 1.807) is 0 Å². The number of rotatable bonds is 1. The fraction of sp³-hybridized carbons (Fsp3) is 0.647. The Morgan fingerprint density at radius 2 is 1.55 bits per heavy atom. The van der Waals surface area contributed by atoms with E-state index < -0.39 is 7.12 Å². The Morgan fingerprint density at radius 1 is 0.909 bits per heavy atom. The molecule has 5 heteroatoms. The van der Waals surface area contributed by atoms with Gasteiger partial charge >= 0.3 is 7.12 Å². The standard InChI is InChI=1S/C17H23BO4/c1-15(2)16(3,4)22-18(21-15)12-6-5-7-13-14(12)20-11-17(8-9-17)10-19-13/h5-7H,8-11H2,1-4H3. The molecule has 3 aliphatic rings. The average molecular weight is 302 g/mol. The third-order valence-corrected chi connectivity index (χ3v) is 5.53. The zero-order chi connectivity index (χ0) is 15.6. The van der Waals surface area contributed by atoms with E-state index in [1.165, 1.54) is 12.8 Å². The van der Waals surface area contributed by atoms with Gasteiger partial charge < -0.3 is 18.8 Å². The van der Waals surface area contributed by atoms with Crippen molar-refractivity contribution in [3.63, 3.8) is 0 Å². The van der Waals surface area contributed by atoms with Gasteiger partial charge in [0, 0.05) is 10.9 Å². The Morgan fingerprint density at radius 3 is 2.18 bits per heavy atom. The van der Waals surface area contributed by atoms with Crippen LogP contribution in [0.25, 0.3) is 0 Å². The molecule has 1 aromatic rings. The Bertz CT molecular complexity index is 591. The van der Waals surface area contributed by atoms with Crippen molar-refractivity contribution >= 4 is 12.6 Å². The van der Waals surface area contributed by atoms with Gasteiger partial charge in [-0.25, -0.2) is 0 Å². The molecule has 22 heavy (non-hydrogen) atoms. The third kappa shape index (κ3) is 2.14. The molecule has 0 bridgehead atoms. The average Bonchev–Trinajstić information content (AvgIpc) is 3.20. The molecule has 1 saturated carbocycles. The number of hydrogen-bond acceptors (Lipinski definition) is 4. The summed E-state index contributed by atoms with van der Waals surface area (Å²) in [6.07, 6.45) is 2.37. The first-order valence-corrected chi connectivity index (χ1v) is 8.06. The van der Waals surface area contributed by atoms with Gasteiger partial charge in [-0.1, -0.05) is 12.1 Å². The summed E-state index contributed by atoms with van der Waals surface area (Å²) in [7, 11) is -0.420. The summed E-state index contributed by atoms with van der Waals surface area (Å²) in [5.41, 5.74) is 0.438. The Kier molecular flexibility index (Phi) is 2.89. The van der Waals surface area contributed by atoms with Crippen LogP contribution in [0.4, 0.5) is 0 Å². The van der Waals surface area contributed by atoms with Crippen molar-refractivity contribution in [3.8, 4) is 11.5 Å². The van der Waals surface area contributed by atoms with Gasteiger partial charge in [0.1, 0.15) is 0 Å². The summed E-state index contributed by atoms with van der Waals surface area (Å²) in [6, 6.07) is 5.95. The molecule has 1 spiro atoms. The molecule has 2 fully saturated rings. The lowest BCUT2D eigenvalue weighted by molar-refractivity contribution is 0.00578. The maximum atomic E-state index is 6.17. The first-order chi connectivity index (χ1) is 10.3. The third-order valence-electron chi connectivity index (χ3n) is 5.53. The summed E-state index contributed by atoms with van der Waals surface area (Å²) in [4.78, 5) is 0. The van der Waals surface area contributed by atoms with Crippen LogP contribution in [-0.2, 0) is 9.31 Å². The van der Waals surface area contributed by atoms with Crippen molar-refractivity contribution in [2.24, 2.45) is 5.41 Å². The van der Waals surface area contributed by atoms with Crippen molar-refractivity contribution in [2.45, 2.75) is 51.7 Å². The lowest BCUT2D eigenvalue weighted by Crippen LogP contribution is -2.41. The number of fused-ring (bicyclic) bond motifs is 1. The maximum Gasteiger partial charge on any atom is 0.498 e. The van der Waals surface area contributed by atoms with Crippen LogP contribution >= 0.6 is 0 Å². The van der Waals surface area contributed by atoms with E-state index in [-0.39, 0.29) is 16.6 Å². The topological polar surface area (TPSA) is 36.9 Å². The van der Waals surface area contributed by atoms with Crippen LogP contribution in [0.1, 0.15) is 40.5 Å². The maximum absolute atomic E-state index is 6.17. The summed E-state index contributed by atoms with van der Waals surface area (Å²) >= 11 is 0. The highest BCUT2D eigenvalue weighted by molar-refractivity contribution is 6.63. The highest BCUT2D eigenvalue weighted by Crippen LogP contribution is 2.49. The SMILES string of the molecule is CC1(C)OB(c2cccc3c2OCC2(CC2)CO3)OC1(C)C. The largest absolute Gasteiger partial charge is 0.498 e. The molecular weight excluding hydrogens is 279 g/mol. The van der Waals surface area contributed by atoms with Gasteiger partial charge in [0.2, 0.25) is 0 Å². The summed E-state index contributed by atoms with van der Waals surface area (Å²) < 4.78 is 24.4. The number of para-hydroxylation sites is 1. The van der Waals surface area contributed by atoms with Crippen molar-refractivity contribution in [1.82, 2.24) is 0 Å². The molecule has 0 aromatic heterocycles. The van der Waals surface area contributed by atoms with Gasteiger partial charge in [0.05, 0.1) is 24.4 Å². The summed E-state index contributed by atoms with van der Waals surface area (Å²) in [5, 5.41) is 0. The van der Waals surface area contributed by atoms with Crippen LogP contribution in [-0.4, -0.2) is 31.5 Å². The quantitative estimate of drug-likeness (QED) is 0.747. The molecule has 0 unspecified atom stereocenters. The van der Waals surface area contributed by atoms with Gasteiger partial charge in [-0.15, -0.1) is 0 Å². The van der Waals surface area contributed by atoms with Crippen molar-refractivity contribution in [3.05, 3.63) is 18.2 Å². The molecule has 2 aliphatic heterocycles. The molecule has 2 heterocycles. The van der Waals surface area contributed by atoms with Gasteiger partial charge in [-0.05, 0) is 46.6 Å². The monoisotopic (exact) mass is 302 g/mol. The normalized spacial score (nSPS) is 26.8. The predicted molar refractivity (Wildman–Crippen MR) is 84.8 cm³/mol. The van der Waals surface area contributed by atoms with E-state index in [0.29, 0.717) is 0 Å². The Balaban J connectivity index is 1.67. The minimum atomic E-state index is -0.420. The molecule has 0 N–H and O–H groups in total. The zero-order valence-electron chi connectivity index (χ0n) is 13.8. The molecule has 1 aromatic carbocycles. The first-order valence-electron chi connectivity index (χ1n) is 8.06. The molecule has 0 radical (unpaired) electrons. The minimum Gasteiger partial charge on any atom is -0.489 e. The molecule has 1 saturated heterocycles. The first kappa shape index (κ1) is 14.4. The molecule has 4 nitrogen and oxygen atoms in total. The Hall–Kier alpha value is -1.20. The van der Waals surface area contributed by atoms with Crippen molar-refractivity contribution in [2.75, 3.05) is 13.2 Å². The van der Waals surface area contributed by atoms with Gasteiger partial charge in [-0.3, -0.25) is 0 Å². The van der Waals surface area contributed by atoms with Crippen molar-refractivity contribution < 1.29 is 18.8 Å². The zero-order valence-corrected chi connectivity index (χ0v) is 13.8. The van der Waals surface area contributed by atoms with E-state index in [9.17, 15) is 0 Å². The summed E-state index contributed by atoms with van der Waals surface area (Å²) in [5.74, 6) is 1.58. The Labute approximate surface area is 132 Å². The second-order valence-electron chi connectivity index (χ2n) is 7.84. The number of benzene rings is 1. The van der Waals surface area contributed by atoms with Gasteiger partial charge in [0.25, 0.3) is 0 Å². The number of ether oxygens (including phenoxy) is 2. The minimum absolute atomic E-state index is 0.228. The van der Waals surface area contributed by atoms with Crippen LogP contribution in [0.5, 0.6) is 11.5 Å². The van der Waals surface area contributed by atoms with E-state index in [2.05, 4.69) is 27.7 Å².